The molecule has 2 rings (SSSR count). The van der Waals surface area contributed by atoms with Gasteiger partial charge in [-0.3, -0.25) is 4.99 Å². The average Bonchev–Trinajstić information content (AvgIpc) is 2.89. The van der Waals surface area contributed by atoms with Gasteiger partial charge in [-0.25, -0.2) is 12.7 Å². The molecule has 0 aliphatic carbocycles. The van der Waals surface area contributed by atoms with E-state index in [-0.39, 0.29) is 5.75 Å². The molecule has 0 atom stereocenters. The van der Waals surface area contributed by atoms with Crippen LogP contribution in [-0.2, 0) is 22.7 Å². The summed E-state index contributed by atoms with van der Waals surface area (Å²) in [5.41, 5.74) is -0.0105. The molecule has 2 N–H and O–H groups in total. The van der Waals surface area contributed by atoms with Crippen molar-refractivity contribution in [1.82, 2.24) is 14.9 Å². The minimum atomic E-state index is -4.35. The molecule has 25 heavy (non-hydrogen) atoms. The van der Waals surface area contributed by atoms with E-state index in [1.165, 1.54) is 16.4 Å². The number of sulfonamides is 1. The summed E-state index contributed by atoms with van der Waals surface area (Å²) in [5.74, 6) is 0.643. The van der Waals surface area contributed by atoms with Crippen LogP contribution in [0.5, 0.6) is 0 Å². The van der Waals surface area contributed by atoms with Crippen molar-refractivity contribution in [2.45, 2.75) is 19.1 Å². The van der Waals surface area contributed by atoms with Crippen molar-refractivity contribution in [1.29, 1.82) is 0 Å². The van der Waals surface area contributed by atoms with E-state index in [4.69, 9.17) is 0 Å². The van der Waals surface area contributed by atoms with Gasteiger partial charge in [0.15, 0.2) is 5.96 Å². The Labute approximate surface area is 145 Å². The van der Waals surface area contributed by atoms with Crippen LogP contribution >= 0.6 is 0 Å². The topological polar surface area (TPSA) is 73.8 Å². The molecule has 0 saturated carbocycles. The van der Waals surface area contributed by atoms with Gasteiger partial charge < -0.3 is 10.6 Å². The van der Waals surface area contributed by atoms with Gasteiger partial charge in [0.05, 0.1) is 11.3 Å². The van der Waals surface area contributed by atoms with E-state index in [9.17, 15) is 21.6 Å². The second kappa shape index (κ2) is 8.05. The Morgan fingerprint density at radius 1 is 1.24 bits per heavy atom. The molecule has 0 unspecified atom stereocenters. The maximum atomic E-state index is 12.5. The monoisotopic (exact) mass is 378 g/mol. The molecule has 140 valence electrons. The first-order chi connectivity index (χ1) is 11.7. The van der Waals surface area contributed by atoms with Crippen molar-refractivity contribution in [3.63, 3.8) is 0 Å². The molecule has 1 heterocycles. The van der Waals surface area contributed by atoms with Crippen LogP contribution in [0, 0.1) is 0 Å². The Morgan fingerprint density at radius 2 is 1.92 bits per heavy atom. The zero-order valence-electron chi connectivity index (χ0n) is 13.8. The highest BCUT2D eigenvalue weighted by Gasteiger charge is 2.30. The Hall–Kier alpha value is -1.81. The third-order valence-electron chi connectivity index (χ3n) is 3.82. The summed E-state index contributed by atoms with van der Waals surface area (Å²) in [6.45, 7) is 1.58. The minimum Gasteiger partial charge on any atom is -0.355 e. The van der Waals surface area contributed by atoms with Crippen molar-refractivity contribution in [2.75, 3.05) is 32.4 Å². The number of hydrogen-bond acceptors (Lipinski definition) is 3. The zero-order chi connectivity index (χ0) is 18.5. The number of nitrogens with zero attached hydrogens (tertiary/aromatic N) is 2. The number of nitrogens with one attached hydrogen (secondary N) is 2. The summed E-state index contributed by atoms with van der Waals surface area (Å²) in [4.78, 5) is 4.01. The Bertz CT molecular complexity index is 702. The van der Waals surface area contributed by atoms with Crippen LogP contribution in [0.15, 0.2) is 29.3 Å². The summed E-state index contributed by atoms with van der Waals surface area (Å²) < 4.78 is 62.4. The van der Waals surface area contributed by atoms with E-state index in [1.54, 1.807) is 7.05 Å². The maximum Gasteiger partial charge on any atom is 0.416 e. The van der Waals surface area contributed by atoms with E-state index >= 15 is 0 Å². The largest absolute Gasteiger partial charge is 0.416 e. The number of alkyl halides is 3. The Morgan fingerprint density at radius 3 is 2.44 bits per heavy atom. The van der Waals surface area contributed by atoms with Crippen molar-refractivity contribution in [3.05, 3.63) is 35.4 Å². The minimum absolute atomic E-state index is 0.188. The quantitative estimate of drug-likeness (QED) is 0.600. The average molecular weight is 378 g/mol. The molecule has 0 aromatic heterocycles. The predicted octanol–water partition coefficient (Wildman–Crippen LogP) is 1.41. The van der Waals surface area contributed by atoms with Crippen molar-refractivity contribution in [2.24, 2.45) is 4.99 Å². The SMILES string of the molecule is CN=C(NCCN1CCCS1(=O)=O)NCc1ccc(C(F)(F)F)cc1. The fourth-order valence-corrected chi connectivity index (χ4v) is 3.99. The fourth-order valence-electron chi connectivity index (χ4n) is 2.46. The van der Waals surface area contributed by atoms with E-state index in [2.05, 4.69) is 15.6 Å². The first-order valence-corrected chi connectivity index (χ1v) is 9.42. The van der Waals surface area contributed by atoms with Gasteiger partial charge in [0.25, 0.3) is 0 Å². The molecule has 0 amide bonds. The highest BCUT2D eigenvalue weighted by molar-refractivity contribution is 7.89. The summed E-state index contributed by atoms with van der Waals surface area (Å²) in [6, 6.07) is 4.87. The standard InChI is InChI=1S/C15H21F3N4O2S/c1-19-14(20-7-9-22-8-2-10-25(22,23)24)21-11-12-3-5-13(6-4-12)15(16,17)18/h3-6H,2,7-11H2,1H3,(H2,19,20,21). The van der Waals surface area contributed by atoms with E-state index in [0.717, 1.165) is 12.1 Å². The van der Waals surface area contributed by atoms with Crippen molar-refractivity contribution in [3.8, 4) is 0 Å². The summed E-state index contributed by atoms with van der Waals surface area (Å²) in [5, 5.41) is 5.97. The highest BCUT2D eigenvalue weighted by Crippen LogP contribution is 2.29. The van der Waals surface area contributed by atoms with Crippen molar-refractivity contribution >= 4 is 16.0 Å². The van der Waals surface area contributed by atoms with Crippen molar-refractivity contribution < 1.29 is 21.6 Å². The van der Waals surface area contributed by atoms with Gasteiger partial charge in [0.1, 0.15) is 0 Å². The molecular weight excluding hydrogens is 357 g/mol. The first kappa shape index (κ1) is 19.5. The van der Waals surface area contributed by atoms with Crippen LogP contribution in [0.3, 0.4) is 0 Å². The lowest BCUT2D eigenvalue weighted by atomic mass is 10.1. The van der Waals surface area contributed by atoms with Gasteiger partial charge in [-0.15, -0.1) is 0 Å². The van der Waals surface area contributed by atoms with Gasteiger partial charge in [0, 0.05) is 33.2 Å². The van der Waals surface area contributed by atoms with Gasteiger partial charge in [-0.1, -0.05) is 12.1 Å². The van der Waals surface area contributed by atoms with Gasteiger partial charge in [0.2, 0.25) is 10.0 Å². The maximum absolute atomic E-state index is 12.5. The summed E-state index contributed by atoms with van der Waals surface area (Å²) in [6.07, 6.45) is -3.71. The number of hydrogen-bond donors (Lipinski definition) is 2. The predicted molar refractivity (Wildman–Crippen MR) is 89.6 cm³/mol. The third-order valence-corrected chi connectivity index (χ3v) is 5.78. The fraction of sp³-hybridized carbons (Fsp3) is 0.533. The third kappa shape index (κ3) is 5.60. The molecule has 6 nitrogen and oxygen atoms in total. The number of aliphatic imine (C=N–C) groups is 1. The summed E-state index contributed by atoms with van der Waals surface area (Å²) in [7, 11) is -1.56. The number of benzene rings is 1. The molecular formula is C15H21F3N4O2S. The molecule has 0 bridgehead atoms. The Kier molecular flexibility index (Phi) is 6.28. The molecule has 0 spiro atoms. The lowest BCUT2D eigenvalue weighted by Crippen LogP contribution is -2.41. The molecule has 10 heteroatoms. The van der Waals surface area contributed by atoms with Crippen LogP contribution in [0.4, 0.5) is 13.2 Å². The van der Waals surface area contributed by atoms with Crippen LogP contribution < -0.4 is 10.6 Å². The lowest BCUT2D eigenvalue weighted by Gasteiger charge is -2.16. The first-order valence-electron chi connectivity index (χ1n) is 7.81. The molecule has 0 radical (unpaired) electrons. The molecule has 1 aliphatic rings. The smallest absolute Gasteiger partial charge is 0.355 e. The second-order valence-electron chi connectivity index (χ2n) is 5.62. The second-order valence-corrected chi connectivity index (χ2v) is 7.70. The molecule has 1 aromatic rings. The van der Waals surface area contributed by atoms with Crippen LogP contribution in [0.2, 0.25) is 0 Å². The number of guanidine groups is 1. The Balaban J connectivity index is 1.78. The van der Waals surface area contributed by atoms with Crippen LogP contribution in [0.1, 0.15) is 17.5 Å². The molecule has 1 saturated heterocycles. The van der Waals surface area contributed by atoms with E-state index in [1.807, 2.05) is 0 Å². The molecule has 1 aliphatic heterocycles. The van der Waals surface area contributed by atoms with Gasteiger partial charge in [-0.2, -0.15) is 13.2 Å². The molecule has 1 aromatic carbocycles. The van der Waals surface area contributed by atoms with E-state index in [0.29, 0.717) is 44.1 Å². The van der Waals surface area contributed by atoms with Crippen LogP contribution in [0.25, 0.3) is 0 Å². The molecule has 1 fully saturated rings. The highest BCUT2D eigenvalue weighted by atomic mass is 32.2. The number of halogens is 3. The summed E-state index contributed by atoms with van der Waals surface area (Å²) >= 11 is 0. The van der Waals surface area contributed by atoms with Crippen LogP contribution in [-0.4, -0.2) is 51.1 Å². The normalized spacial score (nSPS) is 18.3. The van der Waals surface area contributed by atoms with Gasteiger partial charge in [-0.05, 0) is 24.1 Å². The number of rotatable bonds is 5. The zero-order valence-corrected chi connectivity index (χ0v) is 14.6. The van der Waals surface area contributed by atoms with E-state index < -0.39 is 21.8 Å². The lowest BCUT2D eigenvalue weighted by molar-refractivity contribution is -0.137. The van der Waals surface area contributed by atoms with Gasteiger partial charge >= 0.3 is 6.18 Å².